The molecule has 2 rings (SSSR count). The van der Waals surface area contributed by atoms with Crippen LogP contribution in [0.4, 0.5) is 0 Å². The number of carbonyl (C=O) groups excluding carboxylic acids is 1. The van der Waals surface area contributed by atoms with Crippen LogP contribution in [-0.2, 0) is 11.8 Å². The Bertz CT molecular complexity index is 614. The quantitative estimate of drug-likeness (QED) is 0.828. The largest absolute Gasteiger partial charge is 0.461 e. The van der Waals surface area contributed by atoms with Gasteiger partial charge in [-0.25, -0.2) is 0 Å². The summed E-state index contributed by atoms with van der Waals surface area (Å²) in [5, 5.41) is 11.8. The molecule has 0 spiro atoms. The van der Waals surface area contributed by atoms with Gasteiger partial charge in [-0.15, -0.1) is 10.2 Å². The minimum atomic E-state index is 0.0109. The Hall–Kier alpha value is -1.76. The van der Waals surface area contributed by atoms with Crippen molar-refractivity contribution in [2.75, 3.05) is 12.3 Å². The van der Waals surface area contributed by atoms with E-state index in [1.807, 2.05) is 17.7 Å². The van der Waals surface area contributed by atoms with Gasteiger partial charge >= 0.3 is 0 Å². The number of furan rings is 1. The molecule has 0 radical (unpaired) electrons. The van der Waals surface area contributed by atoms with E-state index in [4.69, 9.17) is 4.42 Å². The number of amides is 1. The fourth-order valence-corrected chi connectivity index (χ4v) is 2.56. The lowest BCUT2D eigenvalue weighted by molar-refractivity contribution is -0.118. The van der Waals surface area contributed by atoms with Crippen molar-refractivity contribution in [1.82, 2.24) is 20.1 Å². The average molecular weight is 322 g/mol. The van der Waals surface area contributed by atoms with E-state index in [0.29, 0.717) is 29.0 Å². The van der Waals surface area contributed by atoms with Gasteiger partial charge in [-0.05, 0) is 24.0 Å². The molecule has 2 aromatic heterocycles. The molecule has 0 unspecified atom stereocenters. The van der Waals surface area contributed by atoms with E-state index in [0.717, 1.165) is 6.42 Å². The normalized spacial score (nSPS) is 11.6. The standard InChI is InChI=1S/C15H22N4O2S/c1-15(2,3)7-8-16-12(20)10-22-14-18-17-13(19(14)4)11-6-5-9-21-11/h5-6,9H,7-8,10H2,1-4H3,(H,16,20). The molecular formula is C15H22N4O2S. The van der Waals surface area contributed by atoms with Crippen LogP contribution < -0.4 is 5.32 Å². The summed E-state index contributed by atoms with van der Waals surface area (Å²) in [6.07, 6.45) is 2.55. The lowest BCUT2D eigenvalue weighted by atomic mass is 9.92. The predicted molar refractivity (Wildman–Crippen MR) is 86.5 cm³/mol. The van der Waals surface area contributed by atoms with Crippen LogP contribution in [0.5, 0.6) is 0 Å². The summed E-state index contributed by atoms with van der Waals surface area (Å²) in [5.74, 6) is 1.66. The minimum Gasteiger partial charge on any atom is -0.461 e. The van der Waals surface area contributed by atoms with Gasteiger partial charge in [0.15, 0.2) is 16.7 Å². The van der Waals surface area contributed by atoms with Gasteiger partial charge in [0.05, 0.1) is 12.0 Å². The molecule has 0 saturated heterocycles. The Morgan fingerprint density at radius 2 is 2.18 bits per heavy atom. The molecule has 120 valence electrons. The monoisotopic (exact) mass is 322 g/mol. The average Bonchev–Trinajstić information content (AvgIpc) is 3.04. The highest BCUT2D eigenvalue weighted by Crippen LogP contribution is 2.22. The van der Waals surface area contributed by atoms with E-state index in [1.54, 1.807) is 12.3 Å². The molecule has 0 fully saturated rings. The van der Waals surface area contributed by atoms with Crippen LogP contribution >= 0.6 is 11.8 Å². The molecule has 0 aliphatic rings. The molecule has 7 heteroatoms. The predicted octanol–water partition coefficient (Wildman–Crippen LogP) is 2.72. The third kappa shape index (κ3) is 4.62. The first-order valence-electron chi connectivity index (χ1n) is 7.19. The molecular weight excluding hydrogens is 300 g/mol. The number of hydrogen-bond donors (Lipinski definition) is 1. The van der Waals surface area contributed by atoms with Crippen molar-refractivity contribution in [2.45, 2.75) is 32.3 Å². The zero-order chi connectivity index (χ0) is 16.2. The highest BCUT2D eigenvalue weighted by molar-refractivity contribution is 7.99. The summed E-state index contributed by atoms with van der Waals surface area (Å²) in [7, 11) is 1.86. The first-order valence-corrected chi connectivity index (χ1v) is 8.18. The second kappa shape index (κ2) is 7.00. The van der Waals surface area contributed by atoms with E-state index in [2.05, 4.69) is 36.3 Å². The summed E-state index contributed by atoms with van der Waals surface area (Å²) < 4.78 is 7.14. The maximum Gasteiger partial charge on any atom is 0.230 e. The van der Waals surface area contributed by atoms with Crippen molar-refractivity contribution in [3.8, 4) is 11.6 Å². The van der Waals surface area contributed by atoms with Crippen molar-refractivity contribution < 1.29 is 9.21 Å². The molecule has 1 amide bonds. The lowest BCUT2D eigenvalue weighted by Gasteiger charge is -2.17. The Balaban J connectivity index is 1.83. The summed E-state index contributed by atoms with van der Waals surface area (Å²) in [6.45, 7) is 7.16. The van der Waals surface area contributed by atoms with Crippen LogP contribution in [0.25, 0.3) is 11.6 Å². The molecule has 0 atom stereocenters. The first kappa shape index (κ1) is 16.6. The summed E-state index contributed by atoms with van der Waals surface area (Å²) in [6, 6.07) is 3.64. The topological polar surface area (TPSA) is 73.0 Å². The Morgan fingerprint density at radius 3 is 2.82 bits per heavy atom. The molecule has 2 heterocycles. The fraction of sp³-hybridized carbons (Fsp3) is 0.533. The van der Waals surface area contributed by atoms with Crippen LogP contribution in [0.15, 0.2) is 28.0 Å². The summed E-state index contributed by atoms with van der Waals surface area (Å²) in [4.78, 5) is 11.8. The molecule has 0 saturated carbocycles. The van der Waals surface area contributed by atoms with E-state index < -0.39 is 0 Å². The lowest BCUT2D eigenvalue weighted by Crippen LogP contribution is -2.28. The minimum absolute atomic E-state index is 0.0109. The second-order valence-corrected chi connectivity index (χ2v) is 7.23. The van der Waals surface area contributed by atoms with Crippen LogP contribution in [0.3, 0.4) is 0 Å². The SMILES string of the molecule is Cn1c(SCC(=O)NCCC(C)(C)C)nnc1-c1ccco1. The Kier molecular flexibility index (Phi) is 5.28. The molecule has 0 bridgehead atoms. The molecule has 0 aliphatic carbocycles. The Morgan fingerprint density at radius 1 is 1.41 bits per heavy atom. The number of aromatic nitrogens is 3. The number of nitrogens with zero attached hydrogens (tertiary/aromatic N) is 3. The third-order valence-corrected chi connectivity index (χ3v) is 4.13. The van der Waals surface area contributed by atoms with Crippen molar-refractivity contribution in [2.24, 2.45) is 12.5 Å². The van der Waals surface area contributed by atoms with Crippen LogP contribution in [0, 0.1) is 5.41 Å². The van der Waals surface area contributed by atoms with Gasteiger partial charge in [-0.3, -0.25) is 4.79 Å². The third-order valence-electron chi connectivity index (χ3n) is 3.11. The maximum absolute atomic E-state index is 11.8. The van der Waals surface area contributed by atoms with Gasteiger partial charge < -0.3 is 14.3 Å². The second-order valence-electron chi connectivity index (χ2n) is 6.29. The van der Waals surface area contributed by atoms with Crippen molar-refractivity contribution in [3.63, 3.8) is 0 Å². The Labute approximate surface area is 134 Å². The zero-order valence-electron chi connectivity index (χ0n) is 13.4. The smallest absolute Gasteiger partial charge is 0.230 e. The zero-order valence-corrected chi connectivity index (χ0v) is 14.2. The van der Waals surface area contributed by atoms with Gasteiger partial charge in [0, 0.05) is 13.6 Å². The molecule has 22 heavy (non-hydrogen) atoms. The van der Waals surface area contributed by atoms with E-state index in [1.165, 1.54) is 11.8 Å². The van der Waals surface area contributed by atoms with E-state index in [-0.39, 0.29) is 11.3 Å². The van der Waals surface area contributed by atoms with Gasteiger partial charge in [-0.2, -0.15) is 0 Å². The van der Waals surface area contributed by atoms with Gasteiger partial charge in [0.25, 0.3) is 0 Å². The fourth-order valence-electron chi connectivity index (χ4n) is 1.82. The first-order chi connectivity index (χ1) is 10.4. The van der Waals surface area contributed by atoms with Crippen LogP contribution in [-0.4, -0.2) is 33.0 Å². The molecule has 1 N–H and O–H groups in total. The highest BCUT2D eigenvalue weighted by atomic mass is 32.2. The maximum atomic E-state index is 11.8. The number of carbonyl (C=O) groups is 1. The number of thioether (sulfide) groups is 1. The highest BCUT2D eigenvalue weighted by Gasteiger charge is 2.15. The molecule has 0 aliphatic heterocycles. The van der Waals surface area contributed by atoms with Crippen LogP contribution in [0.2, 0.25) is 0 Å². The van der Waals surface area contributed by atoms with Gasteiger partial charge in [-0.1, -0.05) is 32.5 Å². The number of rotatable bonds is 6. The van der Waals surface area contributed by atoms with Crippen molar-refractivity contribution in [1.29, 1.82) is 0 Å². The van der Waals surface area contributed by atoms with Gasteiger partial charge in [0.2, 0.25) is 5.91 Å². The van der Waals surface area contributed by atoms with Crippen molar-refractivity contribution >= 4 is 17.7 Å². The molecule has 2 aromatic rings. The summed E-state index contributed by atoms with van der Waals surface area (Å²) in [5.41, 5.74) is 0.224. The van der Waals surface area contributed by atoms with Crippen LogP contribution in [0.1, 0.15) is 27.2 Å². The van der Waals surface area contributed by atoms with E-state index >= 15 is 0 Å². The van der Waals surface area contributed by atoms with E-state index in [9.17, 15) is 4.79 Å². The van der Waals surface area contributed by atoms with Gasteiger partial charge in [0.1, 0.15) is 0 Å². The van der Waals surface area contributed by atoms with Crippen molar-refractivity contribution in [3.05, 3.63) is 18.4 Å². The number of nitrogens with one attached hydrogen (secondary N) is 1. The molecule has 0 aromatic carbocycles. The number of hydrogen-bond acceptors (Lipinski definition) is 5. The summed E-state index contributed by atoms with van der Waals surface area (Å²) >= 11 is 1.37. The molecule has 6 nitrogen and oxygen atoms in total.